The SMILES string of the molecule is O=C1C[C@@H](O)[C@H](O)[C@@H](O)[C@@H]1O.OC1[C@@H](O)[C@H](O)C[C@@H](O)[C@H]1O. The summed E-state index contributed by atoms with van der Waals surface area (Å²) in [4.78, 5) is 10.7. The van der Waals surface area contributed by atoms with Gasteiger partial charge in [-0.05, 0) is 0 Å². The molecule has 0 bridgehead atoms. The van der Waals surface area contributed by atoms with Crippen LogP contribution in [0.4, 0.5) is 0 Å². The predicted molar refractivity (Wildman–Crippen MR) is 68.3 cm³/mol. The van der Waals surface area contributed by atoms with Crippen LogP contribution in [0.25, 0.3) is 0 Å². The van der Waals surface area contributed by atoms with Crippen molar-refractivity contribution in [2.24, 2.45) is 0 Å². The Labute approximate surface area is 125 Å². The van der Waals surface area contributed by atoms with Gasteiger partial charge in [0.1, 0.15) is 36.6 Å². The van der Waals surface area contributed by atoms with Crippen molar-refractivity contribution in [3.63, 3.8) is 0 Å². The van der Waals surface area contributed by atoms with Gasteiger partial charge in [0, 0.05) is 12.8 Å². The Balaban J connectivity index is 0.000000220. The van der Waals surface area contributed by atoms with Crippen molar-refractivity contribution in [3.05, 3.63) is 0 Å². The summed E-state index contributed by atoms with van der Waals surface area (Å²) in [6.45, 7) is 0. The van der Waals surface area contributed by atoms with E-state index in [-0.39, 0.29) is 12.8 Å². The van der Waals surface area contributed by atoms with Crippen molar-refractivity contribution < 1.29 is 50.8 Å². The molecule has 10 heteroatoms. The molecule has 0 radical (unpaired) electrons. The summed E-state index contributed by atoms with van der Waals surface area (Å²) in [7, 11) is 0. The molecule has 10 nitrogen and oxygen atoms in total. The van der Waals surface area contributed by atoms with Crippen molar-refractivity contribution in [1.29, 1.82) is 0 Å². The summed E-state index contributed by atoms with van der Waals surface area (Å²) in [5.74, 6) is -0.643. The van der Waals surface area contributed by atoms with Gasteiger partial charge >= 0.3 is 0 Å². The number of Topliss-reactive ketones (excluding diaryl/α,β-unsaturated/α-hetero) is 1. The highest BCUT2D eigenvalue weighted by molar-refractivity contribution is 5.85. The topological polar surface area (TPSA) is 199 Å². The fraction of sp³-hybridized carbons (Fsp3) is 0.917. The maximum atomic E-state index is 10.7. The highest BCUT2D eigenvalue weighted by Crippen LogP contribution is 2.20. The Kier molecular flexibility index (Phi) is 6.80. The number of hydrogen-bond acceptors (Lipinski definition) is 10. The van der Waals surface area contributed by atoms with Gasteiger partial charge < -0.3 is 46.0 Å². The van der Waals surface area contributed by atoms with E-state index in [9.17, 15) is 4.79 Å². The fourth-order valence-electron chi connectivity index (χ4n) is 2.24. The Morgan fingerprint density at radius 3 is 1.45 bits per heavy atom. The third kappa shape index (κ3) is 4.19. The molecule has 22 heavy (non-hydrogen) atoms. The number of carbonyl (C=O) groups is 1. The van der Waals surface area contributed by atoms with Gasteiger partial charge in [-0.25, -0.2) is 0 Å². The third-order valence-corrected chi connectivity index (χ3v) is 3.78. The number of ketones is 1. The van der Waals surface area contributed by atoms with Crippen LogP contribution in [0.3, 0.4) is 0 Å². The van der Waals surface area contributed by atoms with Crippen molar-refractivity contribution in [1.82, 2.24) is 0 Å². The van der Waals surface area contributed by atoms with E-state index < -0.39 is 60.7 Å². The van der Waals surface area contributed by atoms with Gasteiger partial charge in [-0.2, -0.15) is 0 Å². The quantitative estimate of drug-likeness (QED) is 0.207. The van der Waals surface area contributed by atoms with Crippen LogP contribution in [-0.2, 0) is 4.79 Å². The molecule has 0 spiro atoms. The zero-order valence-electron chi connectivity index (χ0n) is 11.5. The first-order valence-electron chi connectivity index (χ1n) is 6.73. The molecular formula is C12H22O10. The minimum atomic E-state index is -1.56. The molecule has 2 rings (SSSR count). The number of aliphatic hydroxyl groups is 9. The van der Waals surface area contributed by atoms with E-state index in [0.717, 1.165) is 0 Å². The molecule has 9 atom stereocenters. The van der Waals surface area contributed by atoms with Crippen molar-refractivity contribution in [2.45, 2.75) is 67.8 Å². The molecule has 130 valence electrons. The molecule has 0 amide bonds. The second kappa shape index (κ2) is 7.73. The molecule has 0 aromatic heterocycles. The average Bonchev–Trinajstić information content (AvgIpc) is 2.47. The van der Waals surface area contributed by atoms with E-state index in [0.29, 0.717) is 0 Å². The van der Waals surface area contributed by atoms with Crippen LogP contribution in [0.15, 0.2) is 0 Å². The van der Waals surface area contributed by atoms with E-state index in [4.69, 9.17) is 46.0 Å². The summed E-state index contributed by atoms with van der Waals surface area (Å²) in [5, 5.41) is 80.4. The third-order valence-electron chi connectivity index (χ3n) is 3.78. The molecule has 0 aromatic rings. The summed E-state index contributed by atoms with van der Waals surface area (Å²) in [6, 6.07) is 0. The second-order valence-corrected chi connectivity index (χ2v) is 5.51. The van der Waals surface area contributed by atoms with Crippen LogP contribution in [0, 0.1) is 0 Å². The molecule has 1 unspecified atom stereocenters. The molecule has 0 heterocycles. The second-order valence-electron chi connectivity index (χ2n) is 5.51. The number of rotatable bonds is 0. The first kappa shape index (κ1) is 19.4. The monoisotopic (exact) mass is 326 g/mol. The van der Waals surface area contributed by atoms with Gasteiger partial charge in [0.05, 0.1) is 18.3 Å². The average molecular weight is 326 g/mol. The number of carbonyl (C=O) groups excluding carboxylic acids is 1. The van der Waals surface area contributed by atoms with E-state index in [1.54, 1.807) is 0 Å². The van der Waals surface area contributed by atoms with Crippen molar-refractivity contribution in [2.75, 3.05) is 0 Å². The molecule has 0 aliphatic heterocycles. The summed E-state index contributed by atoms with van der Waals surface area (Å²) in [5.41, 5.74) is 0. The van der Waals surface area contributed by atoms with Crippen LogP contribution in [-0.4, -0.2) is 107 Å². The Morgan fingerprint density at radius 2 is 1.00 bits per heavy atom. The van der Waals surface area contributed by atoms with Gasteiger partial charge in [-0.15, -0.1) is 0 Å². The van der Waals surface area contributed by atoms with E-state index >= 15 is 0 Å². The van der Waals surface area contributed by atoms with E-state index in [1.165, 1.54) is 0 Å². The van der Waals surface area contributed by atoms with Crippen LogP contribution < -0.4 is 0 Å². The van der Waals surface area contributed by atoms with Crippen LogP contribution in [0.1, 0.15) is 12.8 Å². The molecule has 2 saturated carbocycles. The maximum absolute atomic E-state index is 10.7. The lowest BCUT2D eigenvalue weighted by atomic mass is 9.87. The maximum Gasteiger partial charge on any atom is 0.166 e. The van der Waals surface area contributed by atoms with Gasteiger partial charge in [0.25, 0.3) is 0 Å². The van der Waals surface area contributed by atoms with E-state index in [1.807, 2.05) is 0 Å². The zero-order chi connectivity index (χ0) is 17.2. The van der Waals surface area contributed by atoms with Gasteiger partial charge in [0.15, 0.2) is 5.78 Å². The normalized spacial score (nSPS) is 49.3. The molecule has 2 aliphatic carbocycles. The Hall–Kier alpha value is -0.690. The number of hydrogen-bond donors (Lipinski definition) is 9. The lowest BCUT2D eigenvalue weighted by Crippen LogP contribution is -2.55. The minimum Gasteiger partial charge on any atom is -0.390 e. The van der Waals surface area contributed by atoms with Gasteiger partial charge in [0.2, 0.25) is 0 Å². The molecular weight excluding hydrogens is 304 g/mol. The van der Waals surface area contributed by atoms with Gasteiger partial charge in [-0.3, -0.25) is 4.79 Å². The largest absolute Gasteiger partial charge is 0.390 e. The molecule has 2 aliphatic rings. The highest BCUT2D eigenvalue weighted by atomic mass is 16.4. The first-order valence-corrected chi connectivity index (χ1v) is 6.73. The molecule has 9 N–H and O–H groups in total. The smallest absolute Gasteiger partial charge is 0.166 e. The highest BCUT2D eigenvalue weighted by Gasteiger charge is 2.41. The standard InChI is InChI=1S/C6H12O5.C6H10O5/c2*7-2-1-3(8)5(10)6(11)4(2)9/h2-11H,1H2;2,4-7,9-11H,1H2/t2-,3-,4-,5+,6?;2-,4+,5-,6-/m11/s1. The van der Waals surface area contributed by atoms with E-state index in [2.05, 4.69) is 0 Å². The molecule has 0 saturated heterocycles. The van der Waals surface area contributed by atoms with Crippen molar-refractivity contribution >= 4 is 5.78 Å². The molecule has 0 aromatic carbocycles. The lowest BCUT2D eigenvalue weighted by molar-refractivity contribution is -0.176. The van der Waals surface area contributed by atoms with Crippen LogP contribution in [0.5, 0.6) is 0 Å². The molecule has 2 fully saturated rings. The minimum absolute atomic E-state index is 0.112. The Morgan fingerprint density at radius 1 is 0.591 bits per heavy atom. The predicted octanol–water partition coefficient (Wildman–Crippen LogP) is -5.40. The zero-order valence-corrected chi connectivity index (χ0v) is 11.5. The van der Waals surface area contributed by atoms with Crippen molar-refractivity contribution in [3.8, 4) is 0 Å². The summed E-state index contributed by atoms with van der Waals surface area (Å²) < 4.78 is 0. The first-order chi connectivity index (χ1) is 10.1. The summed E-state index contributed by atoms with van der Waals surface area (Å²) in [6.07, 6.45) is -12.8. The fourth-order valence-corrected chi connectivity index (χ4v) is 2.24. The number of aliphatic hydroxyl groups excluding tert-OH is 9. The lowest BCUT2D eigenvalue weighted by Gasteiger charge is -2.35. The van der Waals surface area contributed by atoms with Crippen LogP contribution in [0.2, 0.25) is 0 Å². The van der Waals surface area contributed by atoms with Gasteiger partial charge in [-0.1, -0.05) is 0 Å². The summed E-state index contributed by atoms with van der Waals surface area (Å²) >= 11 is 0. The Bertz CT molecular complexity index is 363. The van der Waals surface area contributed by atoms with Crippen LogP contribution >= 0.6 is 0 Å².